The second kappa shape index (κ2) is 4.75. The number of esters is 2. The van der Waals surface area contributed by atoms with Crippen molar-refractivity contribution >= 4 is 23.5 Å². The summed E-state index contributed by atoms with van der Waals surface area (Å²) in [7, 11) is 0. The van der Waals surface area contributed by atoms with Gasteiger partial charge in [-0.3, -0.25) is 9.59 Å². The van der Waals surface area contributed by atoms with Crippen LogP contribution in [0.15, 0.2) is 12.3 Å². The molecule has 15 heavy (non-hydrogen) atoms. The van der Waals surface area contributed by atoms with Crippen molar-refractivity contribution in [3.63, 3.8) is 0 Å². The van der Waals surface area contributed by atoms with Crippen LogP contribution in [0.25, 0.3) is 0 Å². The molecule has 5 nitrogen and oxygen atoms in total. The summed E-state index contributed by atoms with van der Waals surface area (Å²) in [5.41, 5.74) is 0. The fraction of sp³-hybridized carbons (Fsp3) is 0.222. The molecule has 0 aliphatic heterocycles. The third-order valence-corrected chi connectivity index (χ3v) is 1.58. The molecule has 0 spiro atoms. The maximum Gasteiger partial charge on any atom is 0.309 e. The number of rotatable bonds is 2. The van der Waals surface area contributed by atoms with E-state index in [4.69, 9.17) is 21.1 Å². The van der Waals surface area contributed by atoms with Crippen molar-refractivity contribution in [1.82, 2.24) is 4.98 Å². The topological polar surface area (TPSA) is 65.5 Å². The van der Waals surface area contributed by atoms with E-state index in [2.05, 4.69) is 4.98 Å². The second-order valence-electron chi connectivity index (χ2n) is 2.64. The van der Waals surface area contributed by atoms with Crippen LogP contribution in [0, 0.1) is 0 Å². The van der Waals surface area contributed by atoms with E-state index in [1.807, 2.05) is 0 Å². The van der Waals surface area contributed by atoms with Gasteiger partial charge in [0.1, 0.15) is 5.02 Å². The SMILES string of the molecule is CC(=O)Oc1cc(OC(C)=O)c(Cl)cn1. The van der Waals surface area contributed by atoms with Crippen LogP contribution in [-0.2, 0) is 9.59 Å². The molecule has 6 heteroatoms. The van der Waals surface area contributed by atoms with Crippen molar-refractivity contribution in [1.29, 1.82) is 0 Å². The first kappa shape index (κ1) is 11.5. The first-order chi connectivity index (χ1) is 6.99. The third kappa shape index (κ3) is 3.55. The van der Waals surface area contributed by atoms with Crippen molar-refractivity contribution in [3.05, 3.63) is 17.3 Å². The van der Waals surface area contributed by atoms with Gasteiger partial charge in [-0.2, -0.15) is 0 Å². The molecule has 0 radical (unpaired) electrons. The Balaban J connectivity index is 2.94. The van der Waals surface area contributed by atoms with Crippen LogP contribution in [0.3, 0.4) is 0 Å². The van der Waals surface area contributed by atoms with Crippen LogP contribution in [0.1, 0.15) is 13.8 Å². The molecule has 80 valence electrons. The molecular weight excluding hydrogens is 222 g/mol. The minimum atomic E-state index is -0.517. The number of nitrogens with zero attached hydrogens (tertiary/aromatic N) is 1. The Kier molecular flexibility index (Phi) is 3.62. The zero-order chi connectivity index (χ0) is 11.4. The zero-order valence-electron chi connectivity index (χ0n) is 8.11. The van der Waals surface area contributed by atoms with Crippen molar-refractivity contribution in [2.75, 3.05) is 0 Å². The normalized spacial score (nSPS) is 9.53. The molecule has 1 heterocycles. The Morgan fingerprint density at radius 1 is 1.27 bits per heavy atom. The van der Waals surface area contributed by atoms with E-state index in [0.29, 0.717) is 0 Å². The number of carbonyl (C=O) groups excluding carboxylic acids is 2. The fourth-order valence-corrected chi connectivity index (χ4v) is 0.980. The lowest BCUT2D eigenvalue weighted by molar-refractivity contribution is -0.132. The number of ether oxygens (including phenoxy) is 2. The monoisotopic (exact) mass is 229 g/mol. The summed E-state index contributed by atoms with van der Waals surface area (Å²) in [6.45, 7) is 2.48. The minimum Gasteiger partial charge on any atom is -0.425 e. The Labute approximate surface area is 91.0 Å². The van der Waals surface area contributed by atoms with Crippen molar-refractivity contribution in [2.45, 2.75) is 13.8 Å². The highest BCUT2D eigenvalue weighted by atomic mass is 35.5. The van der Waals surface area contributed by atoms with Gasteiger partial charge in [0.25, 0.3) is 0 Å². The van der Waals surface area contributed by atoms with Gasteiger partial charge >= 0.3 is 11.9 Å². The van der Waals surface area contributed by atoms with Gasteiger partial charge in [0.05, 0.1) is 6.20 Å². The van der Waals surface area contributed by atoms with Gasteiger partial charge in [0, 0.05) is 19.9 Å². The van der Waals surface area contributed by atoms with E-state index >= 15 is 0 Å². The maximum absolute atomic E-state index is 10.7. The summed E-state index contributed by atoms with van der Waals surface area (Å²) in [5, 5.41) is 0.168. The molecule has 0 unspecified atom stereocenters. The summed E-state index contributed by atoms with van der Waals surface area (Å²) < 4.78 is 9.46. The zero-order valence-corrected chi connectivity index (χ0v) is 8.87. The average Bonchev–Trinajstić information content (AvgIpc) is 2.09. The van der Waals surface area contributed by atoms with Crippen molar-refractivity contribution < 1.29 is 19.1 Å². The number of hydrogen-bond acceptors (Lipinski definition) is 5. The lowest BCUT2D eigenvalue weighted by atomic mass is 10.4. The van der Waals surface area contributed by atoms with Gasteiger partial charge in [-0.25, -0.2) is 4.98 Å². The smallest absolute Gasteiger partial charge is 0.309 e. The van der Waals surface area contributed by atoms with Gasteiger partial charge < -0.3 is 9.47 Å². The Bertz CT molecular complexity index is 405. The van der Waals surface area contributed by atoms with Crippen LogP contribution in [0.2, 0.25) is 5.02 Å². The molecule has 0 atom stereocenters. The van der Waals surface area contributed by atoms with E-state index in [-0.39, 0.29) is 16.7 Å². The van der Waals surface area contributed by atoms with Crippen LogP contribution >= 0.6 is 11.6 Å². The van der Waals surface area contributed by atoms with Crippen LogP contribution in [0.4, 0.5) is 0 Å². The molecule has 1 aromatic rings. The van der Waals surface area contributed by atoms with Crippen molar-refractivity contribution in [3.8, 4) is 11.6 Å². The highest BCUT2D eigenvalue weighted by Gasteiger charge is 2.08. The molecule has 0 bridgehead atoms. The van der Waals surface area contributed by atoms with Gasteiger partial charge in [0.15, 0.2) is 5.75 Å². The molecule has 0 N–H and O–H groups in total. The van der Waals surface area contributed by atoms with Crippen LogP contribution < -0.4 is 9.47 Å². The fourth-order valence-electron chi connectivity index (χ4n) is 0.838. The molecule has 0 amide bonds. The maximum atomic E-state index is 10.7. The third-order valence-electron chi connectivity index (χ3n) is 1.30. The summed E-state index contributed by atoms with van der Waals surface area (Å²) in [6, 6.07) is 1.27. The van der Waals surface area contributed by atoms with Gasteiger partial charge in [-0.15, -0.1) is 0 Å². The second-order valence-corrected chi connectivity index (χ2v) is 3.05. The molecule has 0 fully saturated rings. The van der Waals surface area contributed by atoms with E-state index in [1.54, 1.807) is 0 Å². The van der Waals surface area contributed by atoms with E-state index in [1.165, 1.54) is 26.1 Å². The minimum absolute atomic E-state index is 0.0307. The molecule has 0 aromatic carbocycles. The van der Waals surface area contributed by atoms with Gasteiger partial charge in [-0.1, -0.05) is 11.6 Å². The first-order valence-corrected chi connectivity index (χ1v) is 4.39. The highest BCUT2D eigenvalue weighted by molar-refractivity contribution is 6.32. The molecule has 0 saturated carbocycles. The first-order valence-electron chi connectivity index (χ1n) is 4.01. The largest absolute Gasteiger partial charge is 0.425 e. The Morgan fingerprint density at radius 2 is 1.87 bits per heavy atom. The summed E-state index contributed by atoms with van der Waals surface area (Å²) >= 11 is 5.70. The molecule has 1 aromatic heterocycles. The lowest BCUT2D eigenvalue weighted by Crippen LogP contribution is -2.05. The summed E-state index contributed by atoms with van der Waals surface area (Å²) in [6.07, 6.45) is 1.23. The standard InChI is InChI=1S/C9H8ClNO4/c1-5(12)14-8-3-9(15-6(2)13)11-4-7(8)10/h3-4H,1-2H3. The molecule has 1 rings (SSSR count). The highest BCUT2D eigenvalue weighted by Crippen LogP contribution is 2.26. The molecule has 0 saturated heterocycles. The van der Waals surface area contributed by atoms with Crippen molar-refractivity contribution in [2.24, 2.45) is 0 Å². The quantitative estimate of drug-likeness (QED) is 0.721. The number of hydrogen-bond donors (Lipinski definition) is 0. The summed E-state index contributed by atoms with van der Waals surface area (Å²) in [4.78, 5) is 25.0. The van der Waals surface area contributed by atoms with Crippen LogP contribution in [-0.4, -0.2) is 16.9 Å². The van der Waals surface area contributed by atoms with E-state index in [9.17, 15) is 9.59 Å². The predicted molar refractivity (Wildman–Crippen MR) is 51.9 cm³/mol. The summed E-state index contributed by atoms with van der Waals surface area (Å²) in [5.74, 6) is -0.894. The van der Waals surface area contributed by atoms with Gasteiger partial charge in [-0.05, 0) is 0 Å². The van der Waals surface area contributed by atoms with Gasteiger partial charge in [0.2, 0.25) is 5.88 Å². The Hall–Kier alpha value is -1.62. The molecule has 0 aliphatic carbocycles. The molecular formula is C9H8ClNO4. The number of aromatic nitrogens is 1. The Morgan fingerprint density at radius 3 is 2.40 bits per heavy atom. The van der Waals surface area contributed by atoms with Crippen LogP contribution in [0.5, 0.6) is 11.6 Å². The average molecular weight is 230 g/mol. The lowest BCUT2D eigenvalue weighted by Gasteiger charge is -2.05. The molecule has 0 aliphatic rings. The number of halogens is 1. The number of carbonyl (C=O) groups is 2. The van der Waals surface area contributed by atoms with E-state index in [0.717, 1.165) is 0 Å². The predicted octanol–water partition coefficient (Wildman–Crippen LogP) is 1.59. The van der Waals surface area contributed by atoms with E-state index < -0.39 is 11.9 Å². The number of pyridine rings is 1.